The second kappa shape index (κ2) is 8.13. The maximum atomic E-state index is 14.3. The molecule has 0 amide bonds. The van der Waals surface area contributed by atoms with E-state index in [-0.39, 0.29) is 40.2 Å². The number of imidazole rings is 1. The molecule has 1 N–H and O–H groups in total. The molecular formula is C23H22ClF5N4. The maximum absolute atomic E-state index is 14.3. The molecule has 0 aliphatic rings. The number of aryl methyl sites for hydroxylation is 1. The number of hydrogen-bond donors (Lipinski definition) is 1. The van der Waals surface area contributed by atoms with Gasteiger partial charge in [-0.1, -0.05) is 26.8 Å². The van der Waals surface area contributed by atoms with Crippen molar-refractivity contribution < 1.29 is 22.0 Å². The first-order valence-electron chi connectivity index (χ1n) is 9.89. The highest BCUT2D eigenvalue weighted by Crippen LogP contribution is 2.40. The highest BCUT2D eigenvalue weighted by molar-refractivity contribution is 5.88. The first kappa shape index (κ1) is 24.7. The monoisotopic (exact) mass is 484 g/mol. The highest BCUT2D eigenvalue weighted by atomic mass is 35.5. The van der Waals surface area contributed by atoms with Crippen molar-refractivity contribution in [2.45, 2.75) is 39.3 Å². The van der Waals surface area contributed by atoms with Crippen LogP contribution in [0.3, 0.4) is 0 Å². The molecule has 4 aromatic rings. The Morgan fingerprint density at radius 3 is 2.12 bits per heavy atom. The zero-order valence-corrected chi connectivity index (χ0v) is 19.3. The largest absolute Gasteiger partial charge is 0.418 e. The van der Waals surface area contributed by atoms with Crippen LogP contribution < -0.4 is 0 Å². The van der Waals surface area contributed by atoms with Crippen LogP contribution in [0.15, 0.2) is 30.3 Å². The summed E-state index contributed by atoms with van der Waals surface area (Å²) in [5.41, 5.74) is -0.303. The Hall–Kier alpha value is -2.94. The number of benzene rings is 2. The summed E-state index contributed by atoms with van der Waals surface area (Å²) < 4.78 is 71.8. The third-order valence-electron chi connectivity index (χ3n) is 5.36. The molecule has 176 valence electrons. The highest BCUT2D eigenvalue weighted by Gasteiger charge is 2.35. The second-order valence-corrected chi connectivity index (χ2v) is 8.80. The van der Waals surface area contributed by atoms with E-state index in [1.807, 2.05) is 27.7 Å². The lowest BCUT2D eigenvalue weighted by Crippen LogP contribution is -2.13. The van der Waals surface area contributed by atoms with Gasteiger partial charge < -0.3 is 4.98 Å². The summed E-state index contributed by atoms with van der Waals surface area (Å²) in [7, 11) is 1.69. The van der Waals surface area contributed by atoms with Crippen molar-refractivity contribution in [1.29, 1.82) is 0 Å². The molecular weight excluding hydrogens is 463 g/mol. The number of halogens is 6. The van der Waals surface area contributed by atoms with Gasteiger partial charge in [-0.2, -0.15) is 18.3 Å². The van der Waals surface area contributed by atoms with Gasteiger partial charge in [-0.05, 0) is 36.8 Å². The first-order chi connectivity index (χ1) is 14.8. The number of nitrogens with zero attached hydrogens (tertiary/aromatic N) is 3. The van der Waals surface area contributed by atoms with Crippen molar-refractivity contribution in [3.8, 4) is 22.6 Å². The summed E-state index contributed by atoms with van der Waals surface area (Å²) in [6, 6.07) is 5.16. The molecule has 0 fully saturated rings. The number of nitrogens with one attached hydrogen (secondary N) is 1. The van der Waals surface area contributed by atoms with E-state index in [4.69, 9.17) is 0 Å². The van der Waals surface area contributed by atoms with E-state index < -0.39 is 28.9 Å². The molecule has 0 radical (unpaired) electrons. The lowest BCUT2D eigenvalue weighted by molar-refractivity contribution is -0.136. The molecule has 2 heterocycles. The Kier molecular flexibility index (Phi) is 6.08. The number of alkyl halides is 3. The molecule has 33 heavy (non-hydrogen) atoms. The van der Waals surface area contributed by atoms with Gasteiger partial charge in [0.15, 0.2) is 5.82 Å². The Bertz CT molecular complexity index is 1330. The molecule has 0 aliphatic carbocycles. The topological polar surface area (TPSA) is 46.5 Å². The minimum atomic E-state index is -4.78. The molecule has 0 atom stereocenters. The second-order valence-electron chi connectivity index (χ2n) is 8.80. The Balaban J connectivity index is 0.00000306. The standard InChI is InChI=1S/C23H21F5N4.ClH/c1-11-19(32(5)31-20(11)22(2,3)4)21-29-16-10-12(17-14(24)7-6-8-15(17)25)9-13(18(16)30-21)23(26,27)28;/h6-10H,1-5H3,(H,29,30);1H. The predicted molar refractivity (Wildman–Crippen MR) is 119 cm³/mol. The van der Waals surface area contributed by atoms with E-state index in [9.17, 15) is 22.0 Å². The minimum Gasteiger partial charge on any atom is -0.337 e. The van der Waals surface area contributed by atoms with Crippen LogP contribution in [0.25, 0.3) is 33.7 Å². The fraction of sp³-hybridized carbons (Fsp3) is 0.304. The zero-order valence-electron chi connectivity index (χ0n) is 18.5. The van der Waals surface area contributed by atoms with E-state index in [0.29, 0.717) is 5.69 Å². The fourth-order valence-corrected chi connectivity index (χ4v) is 4.04. The molecule has 0 saturated carbocycles. The van der Waals surface area contributed by atoms with Crippen molar-refractivity contribution >= 4 is 23.4 Å². The van der Waals surface area contributed by atoms with Gasteiger partial charge in [-0.3, -0.25) is 4.68 Å². The van der Waals surface area contributed by atoms with Crippen molar-refractivity contribution in [1.82, 2.24) is 19.7 Å². The minimum absolute atomic E-state index is 0. The van der Waals surface area contributed by atoms with Crippen LogP contribution in [-0.2, 0) is 18.6 Å². The summed E-state index contributed by atoms with van der Waals surface area (Å²) >= 11 is 0. The van der Waals surface area contributed by atoms with E-state index in [2.05, 4.69) is 15.1 Å². The van der Waals surface area contributed by atoms with E-state index in [0.717, 1.165) is 35.5 Å². The van der Waals surface area contributed by atoms with Gasteiger partial charge >= 0.3 is 6.18 Å². The molecule has 10 heteroatoms. The lowest BCUT2D eigenvalue weighted by atomic mass is 9.89. The molecule has 4 rings (SSSR count). The molecule has 4 nitrogen and oxygen atoms in total. The molecule has 0 unspecified atom stereocenters. The Morgan fingerprint density at radius 1 is 1.00 bits per heavy atom. The molecule has 0 saturated heterocycles. The van der Waals surface area contributed by atoms with Crippen molar-refractivity contribution in [2.75, 3.05) is 0 Å². The summed E-state index contributed by atoms with van der Waals surface area (Å²) in [5, 5.41) is 4.52. The van der Waals surface area contributed by atoms with E-state index in [1.54, 1.807) is 11.7 Å². The number of aromatic amines is 1. The number of fused-ring (bicyclic) bond motifs is 1. The lowest BCUT2D eigenvalue weighted by Gasteiger charge is -2.16. The molecule has 0 aliphatic heterocycles. The Morgan fingerprint density at radius 2 is 1.61 bits per heavy atom. The van der Waals surface area contributed by atoms with Gasteiger partial charge in [-0.15, -0.1) is 12.4 Å². The average molecular weight is 485 g/mol. The van der Waals surface area contributed by atoms with E-state index in [1.165, 1.54) is 6.07 Å². The van der Waals surface area contributed by atoms with Crippen LogP contribution in [-0.4, -0.2) is 19.7 Å². The normalized spacial score (nSPS) is 12.3. The fourth-order valence-electron chi connectivity index (χ4n) is 4.04. The maximum Gasteiger partial charge on any atom is 0.418 e. The SMILES string of the molecule is Cc1c(C(C)(C)C)nn(C)c1-c1nc2c(C(F)(F)F)cc(-c3c(F)cccc3F)cc2[nH]1.Cl. The van der Waals surface area contributed by atoms with Gasteiger partial charge in [0.25, 0.3) is 0 Å². The molecule has 2 aromatic carbocycles. The van der Waals surface area contributed by atoms with Crippen LogP contribution in [0.2, 0.25) is 0 Å². The molecule has 0 spiro atoms. The third-order valence-corrected chi connectivity index (χ3v) is 5.36. The number of hydrogen-bond acceptors (Lipinski definition) is 2. The summed E-state index contributed by atoms with van der Waals surface area (Å²) in [5.74, 6) is -1.70. The van der Waals surface area contributed by atoms with Gasteiger partial charge in [0, 0.05) is 18.0 Å². The number of aromatic nitrogens is 4. The van der Waals surface area contributed by atoms with Crippen molar-refractivity contribution in [3.05, 3.63) is 58.8 Å². The summed E-state index contributed by atoms with van der Waals surface area (Å²) in [6.45, 7) is 7.80. The van der Waals surface area contributed by atoms with Crippen LogP contribution in [0.5, 0.6) is 0 Å². The van der Waals surface area contributed by atoms with Gasteiger partial charge in [0.05, 0.1) is 22.3 Å². The van der Waals surface area contributed by atoms with E-state index >= 15 is 0 Å². The smallest absolute Gasteiger partial charge is 0.337 e. The molecule has 0 bridgehead atoms. The van der Waals surface area contributed by atoms with Gasteiger partial charge in [0.1, 0.15) is 22.8 Å². The predicted octanol–water partition coefficient (Wildman–Crippen LogP) is 6.96. The third kappa shape index (κ3) is 4.21. The zero-order chi connectivity index (χ0) is 23.6. The average Bonchev–Trinajstić information content (AvgIpc) is 3.19. The van der Waals surface area contributed by atoms with Crippen molar-refractivity contribution in [2.24, 2.45) is 7.05 Å². The summed E-state index contributed by atoms with van der Waals surface area (Å²) in [4.78, 5) is 7.13. The van der Waals surface area contributed by atoms with Crippen LogP contribution in [0.4, 0.5) is 22.0 Å². The quantitative estimate of drug-likeness (QED) is 0.313. The Labute approximate surface area is 193 Å². The van der Waals surface area contributed by atoms with Crippen LogP contribution >= 0.6 is 12.4 Å². The molecule has 2 aromatic heterocycles. The van der Waals surface area contributed by atoms with Gasteiger partial charge in [0.2, 0.25) is 0 Å². The summed E-state index contributed by atoms with van der Waals surface area (Å²) in [6.07, 6.45) is -4.78. The first-order valence-corrected chi connectivity index (χ1v) is 9.89. The van der Waals surface area contributed by atoms with Crippen LogP contribution in [0, 0.1) is 18.6 Å². The number of H-pyrrole nitrogens is 1. The van der Waals surface area contributed by atoms with Gasteiger partial charge in [-0.25, -0.2) is 13.8 Å². The number of rotatable bonds is 2. The van der Waals surface area contributed by atoms with Crippen molar-refractivity contribution in [3.63, 3.8) is 0 Å². The van der Waals surface area contributed by atoms with Crippen LogP contribution in [0.1, 0.15) is 37.6 Å².